The SMILES string of the molecule is CCn1c(C)cc(C(=O)NC2(C(=O)O)CCCC2)c1C. The number of carbonyl (C=O) groups is 2. The summed E-state index contributed by atoms with van der Waals surface area (Å²) in [5.41, 5.74) is 1.41. The van der Waals surface area contributed by atoms with Gasteiger partial charge in [-0.2, -0.15) is 0 Å². The fourth-order valence-corrected chi connectivity index (χ4v) is 3.17. The number of hydrogen-bond acceptors (Lipinski definition) is 2. The fraction of sp³-hybridized carbons (Fsp3) is 0.600. The number of rotatable bonds is 4. The Balaban J connectivity index is 2.26. The smallest absolute Gasteiger partial charge is 0.329 e. The van der Waals surface area contributed by atoms with Crippen molar-refractivity contribution in [2.75, 3.05) is 0 Å². The van der Waals surface area contributed by atoms with Crippen molar-refractivity contribution >= 4 is 11.9 Å². The molecule has 1 amide bonds. The number of carbonyl (C=O) groups excluding carboxylic acids is 1. The lowest BCUT2D eigenvalue weighted by atomic mass is 9.97. The second kappa shape index (κ2) is 5.31. The first-order valence-corrected chi connectivity index (χ1v) is 7.14. The molecule has 5 heteroatoms. The van der Waals surface area contributed by atoms with E-state index in [0.29, 0.717) is 18.4 Å². The van der Waals surface area contributed by atoms with E-state index in [2.05, 4.69) is 9.88 Å². The van der Waals surface area contributed by atoms with Gasteiger partial charge >= 0.3 is 5.97 Å². The molecule has 0 aliphatic heterocycles. The maximum atomic E-state index is 12.4. The molecule has 110 valence electrons. The van der Waals surface area contributed by atoms with Gasteiger partial charge in [0.2, 0.25) is 0 Å². The first-order chi connectivity index (χ1) is 9.41. The minimum absolute atomic E-state index is 0.276. The van der Waals surface area contributed by atoms with Gasteiger partial charge < -0.3 is 15.0 Å². The van der Waals surface area contributed by atoms with Crippen molar-refractivity contribution in [3.8, 4) is 0 Å². The Bertz CT molecular complexity index is 540. The van der Waals surface area contributed by atoms with Gasteiger partial charge in [-0.25, -0.2) is 4.79 Å². The normalized spacial score (nSPS) is 17.1. The van der Waals surface area contributed by atoms with E-state index in [1.807, 2.05) is 26.8 Å². The Morgan fingerprint density at radius 2 is 1.95 bits per heavy atom. The molecule has 1 aliphatic rings. The summed E-state index contributed by atoms with van der Waals surface area (Å²) in [5.74, 6) is -1.20. The van der Waals surface area contributed by atoms with Crippen LogP contribution in [-0.4, -0.2) is 27.1 Å². The van der Waals surface area contributed by atoms with Crippen LogP contribution in [0.15, 0.2) is 6.07 Å². The Labute approximate surface area is 119 Å². The number of aromatic nitrogens is 1. The highest BCUT2D eigenvalue weighted by Gasteiger charge is 2.43. The molecular formula is C15H22N2O3. The molecule has 1 fully saturated rings. The molecule has 0 saturated heterocycles. The maximum absolute atomic E-state index is 12.4. The van der Waals surface area contributed by atoms with Gasteiger partial charge in [0, 0.05) is 17.9 Å². The molecule has 1 saturated carbocycles. The lowest BCUT2D eigenvalue weighted by Crippen LogP contribution is -2.52. The van der Waals surface area contributed by atoms with Crippen molar-refractivity contribution in [2.45, 2.75) is 58.5 Å². The largest absolute Gasteiger partial charge is 0.480 e. The molecule has 0 spiro atoms. The van der Waals surface area contributed by atoms with E-state index < -0.39 is 11.5 Å². The summed E-state index contributed by atoms with van der Waals surface area (Å²) in [6.07, 6.45) is 2.72. The Kier molecular flexibility index (Phi) is 3.88. The molecule has 0 aromatic carbocycles. The van der Waals surface area contributed by atoms with E-state index in [1.165, 1.54) is 0 Å². The summed E-state index contributed by atoms with van der Waals surface area (Å²) in [6.45, 7) is 6.68. The van der Waals surface area contributed by atoms with Gasteiger partial charge in [-0.3, -0.25) is 4.79 Å². The minimum Gasteiger partial charge on any atom is -0.480 e. The van der Waals surface area contributed by atoms with Crippen LogP contribution in [0.4, 0.5) is 0 Å². The van der Waals surface area contributed by atoms with Crippen LogP contribution < -0.4 is 5.32 Å². The molecule has 20 heavy (non-hydrogen) atoms. The van der Waals surface area contributed by atoms with E-state index in [9.17, 15) is 14.7 Å². The Morgan fingerprint density at radius 3 is 2.40 bits per heavy atom. The van der Waals surface area contributed by atoms with Crippen molar-refractivity contribution in [3.05, 3.63) is 23.0 Å². The van der Waals surface area contributed by atoms with Gasteiger partial charge in [-0.05, 0) is 39.7 Å². The highest BCUT2D eigenvalue weighted by Crippen LogP contribution is 2.30. The lowest BCUT2D eigenvalue weighted by Gasteiger charge is -2.25. The first-order valence-electron chi connectivity index (χ1n) is 7.14. The monoisotopic (exact) mass is 278 g/mol. The topological polar surface area (TPSA) is 71.3 Å². The van der Waals surface area contributed by atoms with Crippen LogP contribution in [0.1, 0.15) is 54.4 Å². The number of aliphatic carboxylic acids is 1. The van der Waals surface area contributed by atoms with Gasteiger partial charge in [0.1, 0.15) is 5.54 Å². The molecule has 1 aromatic rings. The third-order valence-corrected chi connectivity index (χ3v) is 4.35. The van der Waals surface area contributed by atoms with Crippen molar-refractivity contribution < 1.29 is 14.7 Å². The molecule has 5 nitrogen and oxygen atoms in total. The highest BCUT2D eigenvalue weighted by atomic mass is 16.4. The molecule has 0 radical (unpaired) electrons. The average molecular weight is 278 g/mol. The van der Waals surface area contributed by atoms with Crippen LogP contribution in [0, 0.1) is 13.8 Å². The predicted octanol–water partition coefficient (Wildman–Crippen LogP) is 2.25. The third-order valence-electron chi connectivity index (χ3n) is 4.35. The van der Waals surface area contributed by atoms with Gasteiger partial charge in [-0.15, -0.1) is 0 Å². The number of carboxylic acids is 1. The van der Waals surface area contributed by atoms with E-state index in [1.54, 1.807) is 0 Å². The summed E-state index contributed by atoms with van der Waals surface area (Å²) in [5, 5.41) is 12.2. The van der Waals surface area contributed by atoms with E-state index in [0.717, 1.165) is 30.8 Å². The van der Waals surface area contributed by atoms with Gasteiger partial charge in [0.25, 0.3) is 5.91 Å². The second-order valence-electron chi connectivity index (χ2n) is 5.58. The number of amides is 1. The van der Waals surface area contributed by atoms with Crippen LogP contribution in [0.5, 0.6) is 0 Å². The Morgan fingerprint density at radius 1 is 1.35 bits per heavy atom. The van der Waals surface area contributed by atoms with Crippen molar-refractivity contribution in [1.82, 2.24) is 9.88 Å². The molecule has 2 rings (SSSR count). The third kappa shape index (κ3) is 2.32. The fourth-order valence-electron chi connectivity index (χ4n) is 3.17. The summed E-state index contributed by atoms with van der Waals surface area (Å²) in [6, 6.07) is 1.83. The lowest BCUT2D eigenvalue weighted by molar-refractivity contribution is -0.144. The van der Waals surface area contributed by atoms with Gasteiger partial charge in [0.15, 0.2) is 0 Å². The number of nitrogens with zero attached hydrogens (tertiary/aromatic N) is 1. The summed E-state index contributed by atoms with van der Waals surface area (Å²) in [4.78, 5) is 23.9. The molecule has 0 unspecified atom stereocenters. The van der Waals surface area contributed by atoms with Crippen LogP contribution in [-0.2, 0) is 11.3 Å². The second-order valence-corrected chi connectivity index (χ2v) is 5.58. The van der Waals surface area contributed by atoms with Crippen molar-refractivity contribution in [1.29, 1.82) is 0 Å². The molecule has 1 aromatic heterocycles. The molecule has 1 aliphatic carbocycles. The Hall–Kier alpha value is -1.78. The van der Waals surface area contributed by atoms with E-state index in [4.69, 9.17) is 0 Å². The van der Waals surface area contributed by atoms with Crippen LogP contribution in [0.3, 0.4) is 0 Å². The zero-order valence-corrected chi connectivity index (χ0v) is 12.3. The number of carboxylic acid groups (broad SMARTS) is 1. The van der Waals surface area contributed by atoms with Crippen LogP contribution in [0.2, 0.25) is 0 Å². The molecule has 0 atom stereocenters. The van der Waals surface area contributed by atoms with E-state index in [-0.39, 0.29) is 5.91 Å². The average Bonchev–Trinajstić information content (AvgIpc) is 2.95. The number of aryl methyl sites for hydroxylation is 1. The first kappa shape index (κ1) is 14.6. The van der Waals surface area contributed by atoms with Crippen molar-refractivity contribution in [3.63, 3.8) is 0 Å². The summed E-state index contributed by atoms with van der Waals surface area (Å²) in [7, 11) is 0. The number of nitrogens with one attached hydrogen (secondary N) is 1. The van der Waals surface area contributed by atoms with Crippen LogP contribution in [0.25, 0.3) is 0 Å². The standard InChI is InChI=1S/C15H22N2O3/c1-4-17-10(2)9-12(11(17)3)13(18)16-15(14(19)20)7-5-6-8-15/h9H,4-8H2,1-3H3,(H,16,18)(H,19,20). The molecule has 1 heterocycles. The highest BCUT2D eigenvalue weighted by molar-refractivity contribution is 5.99. The minimum atomic E-state index is -1.08. The van der Waals surface area contributed by atoms with Gasteiger partial charge in [-0.1, -0.05) is 12.8 Å². The van der Waals surface area contributed by atoms with Crippen molar-refractivity contribution in [2.24, 2.45) is 0 Å². The molecule has 0 bridgehead atoms. The number of hydrogen-bond donors (Lipinski definition) is 2. The zero-order chi connectivity index (χ0) is 14.9. The van der Waals surface area contributed by atoms with Gasteiger partial charge in [0.05, 0.1) is 5.56 Å². The summed E-state index contributed by atoms with van der Waals surface area (Å²) >= 11 is 0. The zero-order valence-electron chi connectivity index (χ0n) is 12.3. The molecule has 2 N–H and O–H groups in total. The quantitative estimate of drug-likeness (QED) is 0.887. The maximum Gasteiger partial charge on any atom is 0.329 e. The summed E-state index contributed by atoms with van der Waals surface area (Å²) < 4.78 is 2.05. The van der Waals surface area contributed by atoms with E-state index >= 15 is 0 Å². The molecular weight excluding hydrogens is 256 g/mol. The van der Waals surface area contributed by atoms with Crippen LogP contribution >= 0.6 is 0 Å². The predicted molar refractivity (Wildman–Crippen MR) is 75.9 cm³/mol.